The fourth-order valence-electron chi connectivity index (χ4n) is 3.99. The van der Waals surface area contributed by atoms with Crippen LogP contribution in [-0.2, 0) is 17.8 Å². The number of ether oxygens (including phenoxy) is 1. The monoisotopic (exact) mass is 388 g/mol. The van der Waals surface area contributed by atoms with Crippen LogP contribution in [0.25, 0.3) is 10.8 Å². The molecule has 0 unspecified atom stereocenters. The van der Waals surface area contributed by atoms with Gasteiger partial charge in [-0.05, 0) is 34.9 Å². The number of cyclic esters (lactones) is 1. The number of rotatable bonds is 7. The topological polar surface area (TPSA) is 32.8 Å². The second kappa shape index (κ2) is 9.10. The molecular formula is C25H28N2O2. The summed E-state index contributed by atoms with van der Waals surface area (Å²) in [4.78, 5) is 16.3. The number of carbonyl (C=O) groups excluding carboxylic acids is 1. The lowest BCUT2D eigenvalue weighted by atomic mass is 10.1. The SMILES string of the molecule is CCN1CC[C@@H](CN(Cc2ccccc2)Cc2ccc3ccccc3c2)OC1=O. The molecule has 150 valence electrons. The predicted octanol–water partition coefficient (Wildman–Crippen LogP) is 5.07. The molecule has 0 aromatic heterocycles. The highest BCUT2D eigenvalue weighted by atomic mass is 16.6. The van der Waals surface area contributed by atoms with Crippen LogP contribution in [0.1, 0.15) is 24.5 Å². The van der Waals surface area contributed by atoms with Gasteiger partial charge in [-0.3, -0.25) is 4.90 Å². The van der Waals surface area contributed by atoms with Gasteiger partial charge in [0.2, 0.25) is 0 Å². The summed E-state index contributed by atoms with van der Waals surface area (Å²) in [7, 11) is 0. The van der Waals surface area contributed by atoms with Gasteiger partial charge in [-0.25, -0.2) is 4.79 Å². The molecule has 1 aliphatic rings. The van der Waals surface area contributed by atoms with Gasteiger partial charge in [0.15, 0.2) is 0 Å². The van der Waals surface area contributed by atoms with Crippen molar-refractivity contribution >= 4 is 16.9 Å². The summed E-state index contributed by atoms with van der Waals surface area (Å²) in [5.74, 6) is 0. The lowest BCUT2D eigenvalue weighted by Gasteiger charge is -2.34. The second-order valence-corrected chi connectivity index (χ2v) is 7.71. The summed E-state index contributed by atoms with van der Waals surface area (Å²) in [6.07, 6.45) is 0.631. The van der Waals surface area contributed by atoms with Gasteiger partial charge in [-0.2, -0.15) is 0 Å². The number of benzene rings is 3. The third-order valence-corrected chi connectivity index (χ3v) is 5.56. The van der Waals surface area contributed by atoms with Gasteiger partial charge >= 0.3 is 6.09 Å². The molecule has 0 aliphatic carbocycles. The molecule has 4 rings (SSSR count). The van der Waals surface area contributed by atoms with Crippen LogP contribution in [0, 0.1) is 0 Å². The molecule has 1 fully saturated rings. The summed E-state index contributed by atoms with van der Waals surface area (Å²) in [5.41, 5.74) is 2.54. The van der Waals surface area contributed by atoms with E-state index in [2.05, 4.69) is 71.6 Å². The van der Waals surface area contributed by atoms with E-state index < -0.39 is 0 Å². The van der Waals surface area contributed by atoms with Crippen LogP contribution in [-0.4, -0.2) is 41.6 Å². The van der Waals surface area contributed by atoms with E-state index in [-0.39, 0.29) is 12.2 Å². The fourth-order valence-corrected chi connectivity index (χ4v) is 3.99. The van der Waals surface area contributed by atoms with E-state index in [1.807, 2.05) is 13.0 Å². The highest BCUT2D eigenvalue weighted by molar-refractivity contribution is 5.82. The van der Waals surface area contributed by atoms with Gasteiger partial charge in [0.25, 0.3) is 0 Å². The van der Waals surface area contributed by atoms with Crippen molar-refractivity contribution in [2.24, 2.45) is 0 Å². The van der Waals surface area contributed by atoms with Crippen LogP contribution < -0.4 is 0 Å². The number of amides is 1. The molecule has 1 amide bonds. The van der Waals surface area contributed by atoms with Crippen LogP contribution in [0.15, 0.2) is 72.8 Å². The number of carbonyl (C=O) groups is 1. The third-order valence-electron chi connectivity index (χ3n) is 5.56. The van der Waals surface area contributed by atoms with Crippen molar-refractivity contribution in [3.63, 3.8) is 0 Å². The molecule has 0 saturated carbocycles. The molecule has 29 heavy (non-hydrogen) atoms. The molecule has 0 spiro atoms. The first-order valence-corrected chi connectivity index (χ1v) is 10.4. The largest absolute Gasteiger partial charge is 0.445 e. The highest BCUT2D eigenvalue weighted by Gasteiger charge is 2.27. The minimum absolute atomic E-state index is 0.0607. The minimum atomic E-state index is -0.186. The van der Waals surface area contributed by atoms with E-state index in [1.54, 1.807) is 4.90 Å². The van der Waals surface area contributed by atoms with Crippen molar-refractivity contribution in [1.82, 2.24) is 9.80 Å². The van der Waals surface area contributed by atoms with Gasteiger partial charge in [-0.1, -0.05) is 66.7 Å². The zero-order valence-electron chi connectivity index (χ0n) is 17.0. The molecule has 0 N–H and O–H groups in total. The fraction of sp³-hybridized carbons (Fsp3) is 0.320. The molecule has 3 aromatic carbocycles. The van der Waals surface area contributed by atoms with Crippen LogP contribution in [0.2, 0.25) is 0 Å². The summed E-state index contributed by atoms with van der Waals surface area (Å²) in [5, 5.41) is 2.51. The Hall–Kier alpha value is -2.85. The smallest absolute Gasteiger partial charge is 0.410 e. The first-order chi connectivity index (χ1) is 14.2. The Bertz CT molecular complexity index is 957. The molecular weight excluding hydrogens is 360 g/mol. The Balaban J connectivity index is 1.50. The lowest BCUT2D eigenvalue weighted by molar-refractivity contribution is 0.00723. The van der Waals surface area contributed by atoms with Gasteiger partial charge < -0.3 is 9.64 Å². The maximum atomic E-state index is 12.2. The Labute approximate surface area is 172 Å². The second-order valence-electron chi connectivity index (χ2n) is 7.71. The van der Waals surface area contributed by atoms with Crippen LogP contribution in [0.4, 0.5) is 4.79 Å². The van der Waals surface area contributed by atoms with E-state index in [9.17, 15) is 4.79 Å². The molecule has 4 heteroatoms. The molecule has 0 radical (unpaired) electrons. The van der Waals surface area contributed by atoms with E-state index in [4.69, 9.17) is 4.74 Å². The lowest BCUT2D eigenvalue weighted by Crippen LogP contribution is -2.45. The summed E-state index contributed by atoms with van der Waals surface area (Å²) in [6, 6.07) is 25.6. The molecule has 1 heterocycles. The Morgan fingerprint density at radius 2 is 1.66 bits per heavy atom. The van der Waals surface area contributed by atoms with Crippen molar-refractivity contribution in [2.45, 2.75) is 32.5 Å². The molecule has 0 bridgehead atoms. The quantitative estimate of drug-likeness (QED) is 0.566. The van der Waals surface area contributed by atoms with Gasteiger partial charge in [-0.15, -0.1) is 0 Å². The Morgan fingerprint density at radius 1 is 0.931 bits per heavy atom. The number of hydrogen-bond acceptors (Lipinski definition) is 3. The maximum Gasteiger partial charge on any atom is 0.410 e. The van der Waals surface area contributed by atoms with Crippen molar-refractivity contribution in [2.75, 3.05) is 19.6 Å². The standard InChI is InChI=1S/C25H28N2O2/c1-2-27-15-14-24(29-25(27)28)19-26(17-20-8-4-3-5-9-20)18-21-12-13-22-10-6-7-11-23(22)16-21/h3-13,16,24H,2,14-15,17-19H2,1H3/t24-/m0/s1. The Morgan fingerprint density at radius 3 is 2.41 bits per heavy atom. The van der Waals surface area contributed by atoms with Crippen LogP contribution in [0.3, 0.4) is 0 Å². The molecule has 1 aliphatic heterocycles. The third kappa shape index (κ3) is 4.96. The summed E-state index contributed by atoms with van der Waals surface area (Å²) in [6.45, 7) is 5.87. The van der Waals surface area contributed by atoms with Gasteiger partial charge in [0.05, 0.1) is 0 Å². The first-order valence-electron chi connectivity index (χ1n) is 10.4. The maximum absolute atomic E-state index is 12.2. The van der Waals surface area contributed by atoms with Gasteiger partial charge in [0, 0.05) is 39.1 Å². The highest BCUT2D eigenvalue weighted by Crippen LogP contribution is 2.20. The number of fused-ring (bicyclic) bond motifs is 1. The molecule has 4 nitrogen and oxygen atoms in total. The first kappa shape index (κ1) is 19.5. The van der Waals surface area contributed by atoms with E-state index in [1.165, 1.54) is 21.9 Å². The van der Waals surface area contributed by atoms with E-state index in [0.717, 1.165) is 32.6 Å². The zero-order valence-corrected chi connectivity index (χ0v) is 17.0. The Kier molecular flexibility index (Phi) is 6.11. The zero-order chi connectivity index (χ0) is 20.1. The van der Waals surface area contributed by atoms with E-state index in [0.29, 0.717) is 6.54 Å². The van der Waals surface area contributed by atoms with E-state index >= 15 is 0 Å². The van der Waals surface area contributed by atoms with Crippen molar-refractivity contribution in [3.05, 3.63) is 83.9 Å². The average molecular weight is 389 g/mol. The molecule has 1 saturated heterocycles. The van der Waals surface area contributed by atoms with Crippen molar-refractivity contribution < 1.29 is 9.53 Å². The van der Waals surface area contributed by atoms with Crippen LogP contribution in [0.5, 0.6) is 0 Å². The van der Waals surface area contributed by atoms with Crippen molar-refractivity contribution in [1.29, 1.82) is 0 Å². The number of hydrogen-bond donors (Lipinski definition) is 0. The van der Waals surface area contributed by atoms with Crippen molar-refractivity contribution in [3.8, 4) is 0 Å². The minimum Gasteiger partial charge on any atom is -0.445 e. The van der Waals surface area contributed by atoms with Crippen LogP contribution >= 0.6 is 0 Å². The average Bonchev–Trinajstić information content (AvgIpc) is 2.74. The molecule has 3 aromatic rings. The summed E-state index contributed by atoms with van der Waals surface area (Å²) < 4.78 is 5.71. The summed E-state index contributed by atoms with van der Waals surface area (Å²) >= 11 is 0. The normalized spacial score (nSPS) is 17.0. The van der Waals surface area contributed by atoms with Gasteiger partial charge in [0.1, 0.15) is 6.10 Å². The predicted molar refractivity (Wildman–Crippen MR) is 117 cm³/mol. The molecule has 1 atom stereocenters. The number of nitrogens with zero attached hydrogens (tertiary/aromatic N) is 2.